The number of aliphatic carboxylic acids is 1. The van der Waals surface area contributed by atoms with Crippen molar-refractivity contribution in [3.63, 3.8) is 0 Å². The van der Waals surface area contributed by atoms with Crippen molar-refractivity contribution in [2.24, 2.45) is 0 Å². The molecule has 86 valence electrons. The highest BCUT2D eigenvalue weighted by atomic mass is 19.1. The van der Waals surface area contributed by atoms with Gasteiger partial charge in [-0.3, -0.25) is 4.79 Å². The number of rotatable bonds is 4. The van der Waals surface area contributed by atoms with Crippen LogP contribution in [0.3, 0.4) is 0 Å². The van der Waals surface area contributed by atoms with Gasteiger partial charge in [-0.25, -0.2) is 4.39 Å². The Morgan fingerprint density at radius 1 is 1.50 bits per heavy atom. The molecule has 1 fully saturated rings. The van der Waals surface area contributed by atoms with Crippen LogP contribution >= 0.6 is 0 Å². The van der Waals surface area contributed by atoms with E-state index in [1.54, 1.807) is 6.07 Å². The van der Waals surface area contributed by atoms with E-state index >= 15 is 0 Å². The zero-order valence-electron chi connectivity index (χ0n) is 9.29. The fourth-order valence-electron chi connectivity index (χ4n) is 2.33. The number of benzene rings is 1. The summed E-state index contributed by atoms with van der Waals surface area (Å²) >= 11 is 0. The Hall–Kier alpha value is -1.38. The molecule has 0 radical (unpaired) electrons. The summed E-state index contributed by atoms with van der Waals surface area (Å²) in [5.74, 6) is -1.08. The van der Waals surface area contributed by atoms with Gasteiger partial charge in [-0.05, 0) is 42.5 Å². The van der Waals surface area contributed by atoms with Crippen LogP contribution in [-0.2, 0) is 16.6 Å². The average molecular weight is 222 g/mol. The second-order valence-electron chi connectivity index (χ2n) is 4.51. The second-order valence-corrected chi connectivity index (χ2v) is 4.51. The van der Waals surface area contributed by atoms with E-state index in [4.69, 9.17) is 5.11 Å². The summed E-state index contributed by atoms with van der Waals surface area (Å²) in [5, 5.41) is 8.89. The van der Waals surface area contributed by atoms with E-state index in [2.05, 4.69) is 0 Å². The largest absolute Gasteiger partial charge is 0.481 e. The summed E-state index contributed by atoms with van der Waals surface area (Å²) in [6, 6.07) is 4.72. The van der Waals surface area contributed by atoms with Crippen LogP contribution in [0.1, 0.15) is 37.3 Å². The van der Waals surface area contributed by atoms with Gasteiger partial charge >= 0.3 is 5.97 Å². The smallest absolute Gasteiger partial charge is 0.304 e. The van der Waals surface area contributed by atoms with Crippen molar-refractivity contribution in [3.8, 4) is 0 Å². The molecule has 1 aliphatic carbocycles. The minimum absolute atomic E-state index is 0.115. The van der Waals surface area contributed by atoms with Gasteiger partial charge in [0.2, 0.25) is 0 Å². The first-order valence-electron chi connectivity index (χ1n) is 5.58. The lowest BCUT2D eigenvalue weighted by Crippen LogP contribution is -2.15. The van der Waals surface area contributed by atoms with Crippen LogP contribution in [-0.4, -0.2) is 11.1 Å². The van der Waals surface area contributed by atoms with Gasteiger partial charge in [-0.1, -0.05) is 13.0 Å². The van der Waals surface area contributed by atoms with Crippen molar-refractivity contribution in [2.75, 3.05) is 0 Å². The van der Waals surface area contributed by atoms with Crippen molar-refractivity contribution in [1.82, 2.24) is 0 Å². The number of hydrogen-bond donors (Lipinski definition) is 1. The van der Waals surface area contributed by atoms with Crippen molar-refractivity contribution in [3.05, 3.63) is 35.1 Å². The lowest BCUT2D eigenvalue weighted by atomic mass is 9.87. The molecule has 2 rings (SSSR count). The average Bonchev–Trinajstić information content (AvgIpc) is 2.98. The number of carboxylic acid groups (broad SMARTS) is 1. The summed E-state index contributed by atoms with van der Waals surface area (Å²) in [5.41, 5.74) is 1.68. The van der Waals surface area contributed by atoms with Crippen molar-refractivity contribution < 1.29 is 14.3 Å². The summed E-state index contributed by atoms with van der Waals surface area (Å²) in [6.07, 6.45) is 2.64. The molecular formula is C13H15FO2. The predicted molar refractivity (Wildman–Crippen MR) is 58.9 cm³/mol. The molecule has 2 nitrogen and oxygen atoms in total. The molecule has 0 atom stereocenters. The maximum Gasteiger partial charge on any atom is 0.304 e. The first-order chi connectivity index (χ1) is 7.57. The quantitative estimate of drug-likeness (QED) is 0.850. The molecular weight excluding hydrogens is 207 g/mol. The van der Waals surface area contributed by atoms with E-state index in [0.29, 0.717) is 0 Å². The minimum Gasteiger partial charge on any atom is -0.481 e. The third kappa shape index (κ3) is 1.94. The van der Waals surface area contributed by atoms with Gasteiger partial charge in [-0.2, -0.15) is 0 Å². The Kier molecular flexibility index (Phi) is 2.70. The number of hydrogen-bond acceptors (Lipinski definition) is 1. The van der Waals surface area contributed by atoms with Gasteiger partial charge in [0.05, 0.1) is 6.42 Å². The van der Waals surface area contributed by atoms with Crippen molar-refractivity contribution >= 4 is 5.97 Å². The highest BCUT2D eigenvalue weighted by molar-refractivity contribution is 5.70. The lowest BCUT2D eigenvalue weighted by Gasteiger charge is -2.17. The Bertz CT molecular complexity index is 422. The van der Waals surface area contributed by atoms with Crippen LogP contribution in [0.4, 0.5) is 4.39 Å². The Morgan fingerprint density at radius 3 is 2.69 bits per heavy atom. The van der Waals surface area contributed by atoms with Crippen LogP contribution in [0.25, 0.3) is 0 Å². The molecule has 1 aromatic carbocycles. The summed E-state index contributed by atoms with van der Waals surface area (Å²) < 4.78 is 13.2. The predicted octanol–water partition coefficient (Wildman–Crippen LogP) is 2.89. The molecule has 0 saturated heterocycles. The van der Waals surface area contributed by atoms with Crippen LogP contribution < -0.4 is 0 Å². The van der Waals surface area contributed by atoms with E-state index < -0.39 is 5.97 Å². The van der Waals surface area contributed by atoms with Gasteiger partial charge < -0.3 is 5.11 Å². The number of aryl methyl sites for hydroxylation is 1. The van der Waals surface area contributed by atoms with Gasteiger partial charge in [-0.15, -0.1) is 0 Å². The number of carboxylic acids is 1. The van der Waals surface area contributed by atoms with Gasteiger partial charge in [0.1, 0.15) is 5.82 Å². The first kappa shape index (κ1) is 11.1. The van der Waals surface area contributed by atoms with E-state index in [-0.39, 0.29) is 17.7 Å². The Morgan fingerprint density at radius 2 is 2.19 bits per heavy atom. The standard InChI is InChI=1S/C13H15FO2/c1-2-9-3-4-10(14)7-11(9)13(5-6-13)8-12(15)16/h3-4,7H,2,5-6,8H2,1H3,(H,15,16). The number of carbonyl (C=O) groups is 1. The number of halogens is 1. The van der Waals surface area contributed by atoms with Gasteiger partial charge in [0.25, 0.3) is 0 Å². The molecule has 0 unspecified atom stereocenters. The fraction of sp³-hybridized carbons (Fsp3) is 0.462. The SMILES string of the molecule is CCc1ccc(F)cc1C1(CC(=O)O)CC1. The minimum atomic E-state index is -0.802. The van der Waals surface area contributed by atoms with E-state index in [1.165, 1.54) is 12.1 Å². The van der Waals surface area contributed by atoms with Crippen LogP contribution in [0.5, 0.6) is 0 Å². The maximum absolute atomic E-state index is 13.2. The van der Waals surface area contributed by atoms with E-state index in [0.717, 1.165) is 30.4 Å². The molecule has 0 aromatic heterocycles. The highest BCUT2D eigenvalue weighted by Crippen LogP contribution is 2.52. The molecule has 1 N–H and O–H groups in total. The Labute approximate surface area is 94.1 Å². The second kappa shape index (κ2) is 3.89. The van der Waals surface area contributed by atoms with E-state index in [1.807, 2.05) is 6.92 Å². The van der Waals surface area contributed by atoms with Gasteiger partial charge in [0.15, 0.2) is 0 Å². The lowest BCUT2D eigenvalue weighted by molar-refractivity contribution is -0.137. The molecule has 3 heteroatoms. The van der Waals surface area contributed by atoms with Crippen LogP contribution in [0.15, 0.2) is 18.2 Å². The molecule has 0 spiro atoms. The molecule has 1 saturated carbocycles. The topological polar surface area (TPSA) is 37.3 Å². The molecule has 1 aromatic rings. The zero-order valence-corrected chi connectivity index (χ0v) is 9.29. The summed E-state index contributed by atoms with van der Waals surface area (Å²) in [7, 11) is 0. The third-order valence-corrected chi connectivity index (χ3v) is 3.37. The molecule has 1 aliphatic rings. The zero-order chi connectivity index (χ0) is 11.8. The molecule has 0 bridgehead atoms. The summed E-state index contributed by atoms with van der Waals surface area (Å²) in [4.78, 5) is 10.8. The Balaban J connectivity index is 2.38. The highest BCUT2D eigenvalue weighted by Gasteiger charge is 2.47. The maximum atomic E-state index is 13.2. The normalized spacial score (nSPS) is 17.1. The molecule has 0 heterocycles. The third-order valence-electron chi connectivity index (χ3n) is 3.37. The molecule has 0 aliphatic heterocycles. The summed E-state index contributed by atoms with van der Waals surface area (Å²) in [6.45, 7) is 2.01. The van der Waals surface area contributed by atoms with Gasteiger partial charge in [0, 0.05) is 5.41 Å². The van der Waals surface area contributed by atoms with E-state index in [9.17, 15) is 9.18 Å². The molecule has 0 amide bonds. The van der Waals surface area contributed by atoms with Crippen LogP contribution in [0, 0.1) is 5.82 Å². The van der Waals surface area contributed by atoms with Crippen molar-refractivity contribution in [2.45, 2.75) is 38.0 Å². The van der Waals surface area contributed by atoms with Crippen LogP contribution in [0.2, 0.25) is 0 Å². The van der Waals surface area contributed by atoms with Crippen molar-refractivity contribution in [1.29, 1.82) is 0 Å². The molecule has 16 heavy (non-hydrogen) atoms. The first-order valence-corrected chi connectivity index (χ1v) is 5.58. The fourth-order valence-corrected chi connectivity index (χ4v) is 2.33. The monoisotopic (exact) mass is 222 g/mol.